The van der Waals surface area contributed by atoms with Gasteiger partial charge in [-0.25, -0.2) is 9.97 Å². The second-order valence-electron chi connectivity index (χ2n) is 3.48. The Balaban J connectivity index is 3.15. The maximum Gasteiger partial charge on any atom is 0.451 e. The minimum absolute atomic E-state index is 0.167. The summed E-state index contributed by atoms with van der Waals surface area (Å²) in [7, 11) is 0. The lowest BCUT2D eigenvalue weighted by Crippen LogP contribution is -2.31. The number of nitrogens with zero attached hydrogens (tertiary/aromatic N) is 2. The standard InChI is InChI=1S/C8H10F3N3/c1-7(2,12)5-3-4-13-6(14-5)8(9,10)11/h3-4H,12H2,1-2H3. The number of hydrogen-bond acceptors (Lipinski definition) is 3. The molecule has 0 aliphatic carbocycles. The van der Waals surface area contributed by atoms with E-state index in [0.717, 1.165) is 6.20 Å². The Kier molecular flexibility index (Phi) is 2.49. The van der Waals surface area contributed by atoms with Gasteiger partial charge >= 0.3 is 6.18 Å². The minimum atomic E-state index is -4.53. The van der Waals surface area contributed by atoms with Crippen molar-refractivity contribution in [2.75, 3.05) is 0 Å². The second kappa shape index (κ2) is 3.20. The number of aromatic nitrogens is 2. The molecule has 0 aliphatic rings. The molecule has 6 heteroatoms. The molecule has 1 heterocycles. The summed E-state index contributed by atoms with van der Waals surface area (Å²) in [5.74, 6) is -1.16. The normalized spacial score (nSPS) is 13.0. The highest BCUT2D eigenvalue weighted by Crippen LogP contribution is 2.26. The van der Waals surface area contributed by atoms with E-state index < -0.39 is 17.5 Å². The van der Waals surface area contributed by atoms with Crippen molar-refractivity contribution in [3.63, 3.8) is 0 Å². The molecule has 1 rings (SSSR count). The predicted molar refractivity (Wildman–Crippen MR) is 44.2 cm³/mol. The van der Waals surface area contributed by atoms with Crippen LogP contribution in [0, 0.1) is 0 Å². The van der Waals surface area contributed by atoms with Crippen LogP contribution < -0.4 is 5.73 Å². The van der Waals surface area contributed by atoms with Crippen LogP contribution in [0.15, 0.2) is 12.3 Å². The summed E-state index contributed by atoms with van der Waals surface area (Å²) in [5, 5.41) is 0. The first kappa shape index (κ1) is 10.9. The quantitative estimate of drug-likeness (QED) is 0.759. The third-order valence-electron chi connectivity index (χ3n) is 1.57. The lowest BCUT2D eigenvalue weighted by molar-refractivity contribution is -0.145. The SMILES string of the molecule is CC(C)(N)c1ccnc(C(F)(F)F)n1. The van der Waals surface area contributed by atoms with E-state index in [-0.39, 0.29) is 5.69 Å². The van der Waals surface area contributed by atoms with Gasteiger partial charge in [-0.3, -0.25) is 0 Å². The molecule has 0 saturated heterocycles. The van der Waals surface area contributed by atoms with Crippen LogP contribution in [0.5, 0.6) is 0 Å². The zero-order valence-electron chi connectivity index (χ0n) is 7.76. The molecule has 0 unspecified atom stereocenters. The summed E-state index contributed by atoms with van der Waals surface area (Å²) < 4.78 is 36.6. The molecule has 78 valence electrons. The smallest absolute Gasteiger partial charge is 0.321 e. The maximum absolute atomic E-state index is 12.2. The molecule has 0 aliphatic heterocycles. The van der Waals surface area contributed by atoms with Gasteiger partial charge in [0, 0.05) is 6.20 Å². The van der Waals surface area contributed by atoms with Crippen molar-refractivity contribution < 1.29 is 13.2 Å². The van der Waals surface area contributed by atoms with Gasteiger partial charge in [0.15, 0.2) is 0 Å². The minimum Gasteiger partial charge on any atom is -0.321 e. The first-order valence-electron chi connectivity index (χ1n) is 3.91. The highest BCUT2D eigenvalue weighted by atomic mass is 19.4. The molecule has 0 saturated carbocycles. The van der Waals surface area contributed by atoms with Crippen molar-refractivity contribution in [1.82, 2.24) is 9.97 Å². The van der Waals surface area contributed by atoms with Gasteiger partial charge in [-0.2, -0.15) is 13.2 Å². The first-order chi connectivity index (χ1) is 6.21. The van der Waals surface area contributed by atoms with E-state index in [1.807, 2.05) is 0 Å². The summed E-state index contributed by atoms with van der Waals surface area (Å²) in [6.07, 6.45) is -3.47. The topological polar surface area (TPSA) is 51.8 Å². The fourth-order valence-corrected chi connectivity index (χ4v) is 0.854. The van der Waals surface area contributed by atoms with Gasteiger partial charge in [0.1, 0.15) is 0 Å². The lowest BCUT2D eigenvalue weighted by Gasteiger charge is -2.18. The van der Waals surface area contributed by atoms with Gasteiger partial charge in [0.05, 0.1) is 11.2 Å². The fourth-order valence-electron chi connectivity index (χ4n) is 0.854. The summed E-state index contributed by atoms with van der Waals surface area (Å²) in [6, 6.07) is 1.37. The van der Waals surface area contributed by atoms with Gasteiger partial charge in [-0.05, 0) is 19.9 Å². The van der Waals surface area contributed by atoms with Gasteiger partial charge in [-0.15, -0.1) is 0 Å². The molecule has 2 N–H and O–H groups in total. The Morgan fingerprint density at radius 3 is 2.29 bits per heavy atom. The zero-order valence-corrected chi connectivity index (χ0v) is 7.76. The Bertz CT molecular complexity index is 298. The molecule has 0 aromatic carbocycles. The van der Waals surface area contributed by atoms with Crippen molar-refractivity contribution in [1.29, 1.82) is 0 Å². The number of nitrogens with two attached hydrogens (primary N) is 1. The average molecular weight is 205 g/mol. The summed E-state index contributed by atoms with van der Waals surface area (Å²) in [5.41, 5.74) is 4.88. The third-order valence-corrected chi connectivity index (χ3v) is 1.57. The van der Waals surface area contributed by atoms with Crippen LogP contribution in [0.3, 0.4) is 0 Å². The third kappa shape index (κ3) is 2.41. The molecule has 0 atom stereocenters. The van der Waals surface area contributed by atoms with E-state index in [4.69, 9.17) is 5.73 Å². The lowest BCUT2D eigenvalue weighted by atomic mass is 10.0. The molecule has 1 aromatic rings. The molecule has 1 aromatic heterocycles. The van der Waals surface area contributed by atoms with Crippen molar-refractivity contribution in [2.45, 2.75) is 25.6 Å². The summed E-state index contributed by atoms with van der Waals surface area (Å²) in [4.78, 5) is 6.49. The molecule has 0 fully saturated rings. The predicted octanol–water partition coefficient (Wildman–Crippen LogP) is 1.69. The van der Waals surface area contributed by atoms with E-state index in [1.165, 1.54) is 6.07 Å². The maximum atomic E-state index is 12.2. The molecule has 3 nitrogen and oxygen atoms in total. The van der Waals surface area contributed by atoms with Crippen molar-refractivity contribution >= 4 is 0 Å². The van der Waals surface area contributed by atoms with Crippen LogP contribution in [-0.4, -0.2) is 9.97 Å². The number of hydrogen-bond donors (Lipinski definition) is 1. The molecule has 0 spiro atoms. The van der Waals surface area contributed by atoms with Gasteiger partial charge in [0.25, 0.3) is 0 Å². The van der Waals surface area contributed by atoms with Crippen molar-refractivity contribution in [2.24, 2.45) is 5.73 Å². The second-order valence-corrected chi connectivity index (χ2v) is 3.48. The largest absolute Gasteiger partial charge is 0.451 e. The molecular formula is C8H10F3N3. The first-order valence-corrected chi connectivity index (χ1v) is 3.91. The van der Waals surface area contributed by atoms with Gasteiger partial charge in [-0.1, -0.05) is 0 Å². The van der Waals surface area contributed by atoms with Gasteiger partial charge in [0.2, 0.25) is 5.82 Å². The molecule has 14 heavy (non-hydrogen) atoms. The molecule has 0 amide bonds. The molecule has 0 bridgehead atoms. The highest BCUT2D eigenvalue weighted by Gasteiger charge is 2.35. The Morgan fingerprint density at radius 1 is 1.29 bits per heavy atom. The Hall–Kier alpha value is -1.17. The van der Waals surface area contributed by atoms with Crippen molar-refractivity contribution in [3.05, 3.63) is 23.8 Å². The average Bonchev–Trinajstić information content (AvgIpc) is 2.01. The zero-order chi connectivity index (χ0) is 11.0. The van der Waals surface area contributed by atoms with Crippen LogP contribution >= 0.6 is 0 Å². The van der Waals surface area contributed by atoms with Crippen LogP contribution in [-0.2, 0) is 11.7 Å². The summed E-state index contributed by atoms with van der Waals surface area (Å²) in [6.45, 7) is 3.16. The Morgan fingerprint density at radius 2 is 1.86 bits per heavy atom. The summed E-state index contributed by atoms with van der Waals surface area (Å²) >= 11 is 0. The van der Waals surface area contributed by atoms with Crippen LogP contribution in [0.1, 0.15) is 25.4 Å². The van der Waals surface area contributed by atoms with E-state index >= 15 is 0 Å². The van der Waals surface area contributed by atoms with E-state index in [0.29, 0.717) is 0 Å². The molecule has 0 radical (unpaired) electrons. The molecular weight excluding hydrogens is 195 g/mol. The van der Waals surface area contributed by atoms with Gasteiger partial charge < -0.3 is 5.73 Å². The van der Waals surface area contributed by atoms with E-state index in [1.54, 1.807) is 13.8 Å². The van der Waals surface area contributed by atoms with Crippen LogP contribution in [0.2, 0.25) is 0 Å². The van der Waals surface area contributed by atoms with Crippen LogP contribution in [0.4, 0.5) is 13.2 Å². The highest BCUT2D eigenvalue weighted by molar-refractivity contribution is 5.12. The number of rotatable bonds is 1. The van der Waals surface area contributed by atoms with E-state index in [9.17, 15) is 13.2 Å². The van der Waals surface area contributed by atoms with Crippen molar-refractivity contribution in [3.8, 4) is 0 Å². The monoisotopic (exact) mass is 205 g/mol. The number of halogens is 3. The fraction of sp³-hybridized carbons (Fsp3) is 0.500. The Labute approximate surface area is 79.2 Å². The van der Waals surface area contributed by atoms with E-state index in [2.05, 4.69) is 9.97 Å². The van der Waals surface area contributed by atoms with Crippen LogP contribution in [0.25, 0.3) is 0 Å². The number of alkyl halides is 3.